The molecule has 122 valence electrons. The molecular weight excluding hydrogens is 310 g/mol. The Labute approximate surface area is 129 Å². The molecule has 1 aliphatic heterocycles. The number of ether oxygens (including phenoxy) is 1. The number of sulfonamides is 1. The predicted molar refractivity (Wildman–Crippen MR) is 80.2 cm³/mol. The lowest BCUT2D eigenvalue weighted by Gasteiger charge is -2.18. The van der Waals surface area contributed by atoms with Crippen LogP contribution in [0.5, 0.6) is 5.75 Å². The zero-order chi connectivity index (χ0) is 16.5. The minimum absolute atomic E-state index is 0.0267. The number of nitro groups is 1. The fourth-order valence-electron chi connectivity index (χ4n) is 2.52. The smallest absolute Gasteiger partial charge is 0.312 e. The highest BCUT2D eigenvalue weighted by Crippen LogP contribution is 2.32. The van der Waals surface area contributed by atoms with Gasteiger partial charge >= 0.3 is 5.69 Å². The van der Waals surface area contributed by atoms with E-state index in [4.69, 9.17) is 10.5 Å². The maximum Gasteiger partial charge on any atom is 0.312 e. The van der Waals surface area contributed by atoms with Crippen LogP contribution in [0.4, 0.5) is 5.69 Å². The standard InChI is InChI=1S/C13H19N3O5S/c1-9(14)10-5-6-15(8-10)22(19,20)11-3-4-13(21-2)12(7-11)16(17)18/h3-4,7,9-10H,5-6,8,14H2,1-2H3. The van der Waals surface area contributed by atoms with Crippen LogP contribution < -0.4 is 10.5 Å². The molecule has 1 aliphatic rings. The highest BCUT2D eigenvalue weighted by atomic mass is 32.2. The molecule has 0 spiro atoms. The average Bonchev–Trinajstić information content (AvgIpc) is 2.97. The monoisotopic (exact) mass is 329 g/mol. The Kier molecular flexibility index (Phi) is 4.69. The minimum atomic E-state index is -3.77. The van der Waals surface area contributed by atoms with E-state index in [1.165, 1.54) is 23.5 Å². The van der Waals surface area contributed by atoms with Crippen molar-refractivity contribution in [2.24, 2.45) is 11.7 Å². The summed E-state index contributed by atoms with van der Waals surface area (Å²) in [5.41, 5.74) is 5.45. The number of rotatable bonds is 5. The fraction of sp³-hybridized carbons (Fsp3) is 0.538. The van der Waals surface area contributed by atoms with Crippen molar-refractivity contribution >= 4 is 15.7 Å². The molecule has 1 fully saturated rings. The lowest BCUT2D eigenvalue weighted by molar-refractivity contribution is -0.386. The van der Waals surface area contributed by atoms with Gasteiger partial charge in [0.05, 0.1) is 16.9 Å². The largest absolute Gasteiger partial charge is 0.490 e. The van der Waals surface area contributed by atoms with E-state index in [-0.39, 0.29) is 28.3 Å². The van der Waals surface area contributed by atoms with Crippen LogP contribution >= 0.6 is 0 Å². The number of hydrogen-bond donors (Lipinski definition) is 1. The van der Waals surface area contributed by atoms with Gasteiger partial charge in [0.2, 0.25) is 10.0 Å². The van der Waals surface area contributed by atoms with E-state index in [9.17, 15) is 18.5 Å². The van der Waals surface area contributed by atoms with E-state index in [1.807, 2.05) is 6.92 Å². The van der Waals surface area contributed by atoms with Gasteiger partial charge in [0.15, 0.2) is 5.75 Å². The first-order valence-electron chi connectivity index (χ1n) is 6.85. The molecule has 1 heterocycles. The van der Waals surface area contributed by atoms with Crippen LogP contribution in [0.25, 0.3) is 0 Å². The molecule has 2 N–H and O–H groups in total. The van der Waals surface area contributed by atoms with Crippen LogP contribution in [0.3, 0.4) is 0 Å². The highest BCUT2D eigenvalue weighted by molar-refractivity contribution is 7.89. The zero-order valence-corrected chi connectivity index (χ0v) is 13.2. The number of benzene rings is 1. The summed E-state index contributed by atoms with van der Waals surface area (Å²) in [5, 5.41) is 11.0. The topological polar surface area (TPSA) is 116 Å². The summed E-state index contributed by atoms with van der Waals surface area (Å²) in [6.07, 6.45) is 0.690. The van der Waals surface area contributed by atoms with E-state index < -0.39 is 14.9 Å². The van der Waals surface area contributed by atoms with E-state index in [1.54, 1.807) is 0 Å². The number of methoxy groups -OCH3 is 1. The average molecular weight is 329 g/mol. The second kappa shape index (κ2) is 6.19. The molecule has 9 heteroatoms. The Morgan fingerprint density at radius 1 is 1.50 bits per heavy atom. The molecule has 0 aromatic heterocycles. The van der Waals surface area contributed by atoms with Gasteiger partial charge in [-0.3, -0.25) is 10.1 Å². The van der Waals surface area contributed by atoms with Gasteiger partial charge in [0.1, 0.15) is 0 Å². The molecule has 2 rings (SSSR count). The molecule has 8 nitrogen and oxygen atoms in total. The molecule has 1 aromatic carbocycles. The summed E-state index contributed by atoms with van der Waals surface area (Å²) in [5.74, 6) is 0.127. The molecule has 22 heavy (non-hydrogen) atoms. The number of nitrogens with zero attached hydrogens (tertiary/aromatic N) is 2. The first-order chi connectivity index (χ1) is 10.3. The van der Waals surface area contributed by atoms with Crippen LogP contribution in [0.1, 0.15) is 13.3 Å². The van der Waals surface area contributed by atoms with Gasteiger partial charge in [-0.1, -0.05) is 0 Å². The lowest BCUT2D eigenvalue weighted by Crippen LogP contribution is -2.33. The maximum atomic E-state index is 12.6. The van der Waals surface area contributed by atoms with E-state index in [2.05, 4.69) is 0 Å². The van der Waals surface area contributed by atoms with E-state index in [0.717, 1.165) is 6.07 Å². The highest BCUT2D eigenvalue weighted by Gasteiger charge is 2.35. The molecule has 0 aliphatic carbocycles. The lowest BCUT2D eigenvalue weighted by atomic mass is 10.0. The quantitative estimate of drug-likeness (QED) is 0.635. The summed E-state index contributed by atoms with van der Waals surface area (Å²) in [7, 11) is -2.47. The van der Waals surface area contributed by atoms with Crippen molar-refractivity contribution in [3.05, 3.63) is 28.3 Å². The van der Waals surface area contributed by atoms with Crippen molar-refractivity contribution in [3.8, 4) is 5.75 Å². The van der Waals surface area contributed by atoms with Gasteiger partial charge < -0.3 is 10.5 Å². The van der Waals surface area contributed by atoms with Gasteiger partial charge in [0, 0.05) is 25.2 Å². The number of nitrogens with two attached hydrogens (primary N) is 1. The summed E-state index contributed by atoms with van der Waals surface area (Å²) >= 11 is 0. The molecule has 0 radical (unpaired) electrons. The molecule has 0 saturated carbocycles. The Hall–Kier alpha value is -1.71. The first kappa shape index (κ1) is 16.7. The van der Waals surface area contributed by atoms with Crippen molar-refractivity contribution in [2.45, 2.75) is 24.3 Å². The molecule has 0 amide bonds. The third-order valence-electron chi connectivity index (χ3n) is 3.92. The molecule has 2 unspecified atom stereocenters. The summed E-state index contributed by atoms with van der Waals surface area (Å²) in [4.78, 5) is 10.3. The van der Waals surface area contributed by atoms with Crippen LogP contribution in [0.2, 0.25) is 0 Å². The van der Waals surface area contributed by atoms with Crippen molar-refractivity contribution in [2.75, 3.05) is 20.2 Å². The van der Waals surface area contributed by atoms with Crippen LogP contribution in [-0.4, -0.2) is 43.9 Å². The summed E-state index contributed by atoms with van der Waals surface area (Å²) in [6.45, 7) is 2.55. The third kappa shape index (κ3) is 3.06. The summed E-state index contributed by atoms with van der Waals surface area (Å²) < 4.78 is 31.4. The van der Waals surface area contributed by atoms with Crippen LogP contribution in [-0.2, 0) is 10.0 Å². The van der Waals surface area contributed by atoms with E-state index in [0.29, 0.717) is 19.5 Å². The third-order valence-corrected chi connectivity index (χ3v) is 5.78. The molecule has 2 atom stereocenters. The molecular formula is C13H19N3O5S. The number of hydrogen-bond acceptors (Lipinski definition) is 6. The first-order valence-corrected chi connectivity index (χ1v) is 8.29. The fourth-order valence-corrected chi connectivity index (χ4v) is 4.06. The van der Waals surface area contributed by atoms with Crippen LogP contribution in [0.15, 0.2) is 23.1 Å². The maximum absolute atomic E-state index is 12.6. The van der Waals surface area contributed by atoms with Crippen molar-refractivity contribution in [1.29, 1.82) is 0 Å². The SMILES string of the molecule is COc1ccc(S(=O)(=O)N2CCC(C(C)N)C2)cc1[N+](=O)[O-]. The summed E-state index contributed by atoms with van der Waals surface area (Å²) in [6, 6.07) is 3.56. The van der Waals surface area contributed by atoms with Crippen molar-refractivity contribution < 1.29 is 18.1 Å². The Morgan fingerprint density at radius 3 is 2.68 bits per heavy atom. The predicted octanol–water partition coefficient (Wildman–Crippen LogP) is 0.961. The molecule has 1 aromatic rings. The Bertz CT molecular complexity index is 674. The Morgan fingerprint density at radius 2 is 2.18 bits per heavy atom. The van der Waals surface area contributed by atoms with E-state index >= 15 is 0 Å². The molecule has 1 saturated heterocycles. The second-order valence-corrected chi connectivity index (χ2v) is 7.30. The zero-order valence-electron chi connectivity index (χ0n) is 12.4. The molecule has 0 bridgehead atoms. The second-order valence-electron chi connectivity index (χ2n) is 5.36. The normalized spacial score (nSPS) is 20.8. The van der Waals surface area contributed by atoms with Gasteiger partial charge in [-0.05, 0) is 31.4 Å². The van der Waals surface area contributed by atoms with Crippen LogP contribution in [0, 0.1) is 16.0 Å². The minimum Gasteiger partial charge on any atom is -0.490 e. The van der Waals surface area contributed by atoms with Gasteiger partial charge in [-0.2, -0.15) is 4.31 Å². The Balaban J connectivity index is 2.34. The van der Waals surface area contributed by atoms with Gasteiger partial charge in [0.25, 0.3) is 0 Å². The van der Waals surface area contributed by atoms with Gasteiger partial charge in [-0.15, -0.1) is 0 Å². The van der Waals surface area contributed by atoms with Crippen molar-refractivity contribution in [3.63, 3.8) is 0 Å². The van der Waals surface area contributed by atoms with Gasteiger partial charge in [-0.25, -0.2) is 8.42 Å². The van der Waals surface area contributed by atoms with Crippen molar-refractivity contribution in [1.82, 2.24) is 4.31 Å². The number of nitro benzene ring substituents is 1.